The number of benzene rings is 2. The van der Waals surface area contributed by atoms with Gasteiger partial charge in [0.2, 0.25) is 12.7 Å². The zero-order chi connectivity index (χ0) is 22.1. The van der Waals surface area contributed by atoms with E-state index in [0.717, 1.165) is 48.3 Å². The molecule has 1 amide bonds. The summed E-state index contributed by atoms with van der Waals surface area (Å²) in [6.45, 7) is 0.761. The second-order valence-corrected chi connectivity index (χ2v) is 8.90. The van der Waals surface area contributed by atoms with Gasteiger partial charge in [0.1, 0.15) is 5.75 Å². The van der Waals surface area contributed by atoms with E-state index >= 15 is 0 Å². The fraction of sp³-hybridized carbons (Fsp3) is 0.423. The van der Waals surface area contributed by atoms with Crippen LogP contribution in [-0.2, 0) is 4.79 Å². The van der Waals surface area contributed by atoms with Crippen molar-refractivity contribution in [3.8, 4) is 17.2 Å². The molecular weight excluding hydrogens is 406 g/mol. The number of piperidine rings is 1. The van der Waals surface area contributed by atoms with Crippen molar-refractivity contribution in [3.05, 3.63) is 59.7 Å². The van der Waals surface area contributed by atoms with E-state index in [9.17, 15) is 9.90 Å². The first kappa shape index (κ1) is 20.9. The molecule has 1 N–H and O–H groups in total. The van der Waals surface area contributed by atoms with Crippen molar-refractivity contribution in [2.24, 2.45) is 5.92 Å². The fourth-order valence-electron chi connectivity index (χ4n) is 5.42. The van der Waals surface area contributed by atoms with Gasteiger partial charge in [-0.15, -0.1) is 0 Å². The Morgan fingerprint density at radius 2 is 1.94 bits per heavy atom. The summed E-state index contributed by atoms with van der Waals surface area (Å²) in [5.74, 6) is 2.18. The Morgan fingerprint density at radius 3 is 2.75 bits per heavy atom. The molecule has 2 aromatic rings. The number of likely N-dealkylation sites (tertiary alicyclic amines) is 1. The number of hydrogen-bond donors (Lipinski definition) is 1. The lowest BCUT2D eigenvalue weighted by Gasteiger charge is -2.52. The molecule has 0 bridgehead atoms. The number of ether oxygens (including phenoxy) is 3. The quantitative estimate of drug-likeness (QED) is 0.724. The zero-order valence-corrected chi connectivity index (χ0v) is 18.3. The molecule has 2 fully saturated rings. The van der Waals surface area contributed by atoms with Crippen molar-refractivity contribution in [2.45, 2.75) is 43.7 Å². The van der Waals surface area contributed by atoms with Gasteiger partial charge in [-0.3, -0.25) is 4.79 Å². The Hall–Kier alpha value is -2.99. The summed E-state index contributed by atoms with van der Waals surface area (Å²) < 4.78 is 16.1. The van der Waals surface area contributed by atoms with Crippen molar-refractivity contribution in [1.29, 1.82) is 0 Å². The van der Waals surface area contributed by atoms with Crippen LogP contribution in [0.25, 0.3) is 6.08 Å². The highest BCUT2D eigenvalue weighted by molar-refractivity contribution is 5.92. The zero-order valence-electron chi connectivity index (χ0n) is 18.3. The average Bonchev–Trinajstić information content (AvgIpc) is 3.29. The van der Waals surface area contributed by atoms with Crippen LogP contribution in [0.5, 0.6) is 17.2 Å². The Labute approximate surface area is 188 Å². The Balaban J connectivity index is 1.43. The van der Waals surface area contributed by atoms with Crippen LogP contribution in [0.3, 0.4) is 0 Å². The minimum Gasteiger partial charge on any atom is -0.497 e. The number of rotatable bonds is 4. The fourth-order valence-corrected chi connectivity index (χ4v) is 5.42. The van der Waals surface area contributed by atoms with E-state index in [-0.39, 0.29) is 24.7 Å². The highest BCUT2D eigenvalue weighted by atomic mass is 16.7. The van der Waals surface area contributed by atoms with Crippen LogP contribution in [0.4, 0.5) is 0 Å². The molecule has 3 aliphatic rings. The summed E-state index contributed by atoms with van der Waals surface area (Å²) in [4.78, 5) is 15.3. The second-order valence-electron chi connectivity index (χ2n) is 8.90. The van der Waals surface area contributed by atoms with E-state index in [1.54, 1.807) is 13.2 Å². The predicted molar refractivity (Wildman–Crippen MR) is 121 cm³/mol. The molecule has 0 unspecified atom stereocenters. The van der Waals surface area contributed by atoms with Crippen LogP contribution in [-0.4, -0.2) is 42.0 Å². The smallest absolute Gasteiger partial charge is 0.247 e. The maximum absolute atomic E-state index is 13.4. The molecule has 0 spiro atoms. The summed E-state index contributed by atoms with van der Waals surface area (Å²) in [5, 5.41) is 11.4. The molecule has 0 aromatic heterocycles. The average molecular weight is 436 g/mol. The summed E-state index contributed by atoms with van der Waals surface area (Å²) in [6, 6.07) is 13.4. The lowest BCUT2D eigenvalue weighted by atomic mass is 9.66. The van der Waals surface area contributed by atoms with Gasteiger partial charge >= 0.3 is 0 Å². The van der Waals surface area contributed by atoms with E-state index < -0.39 is 5.60 Å². The van der Waals surface area contributed by atoms with E-state index in [0.29, 0.717) is 18.7 Å². The Bertz CT molecular complexity index is 1020. The van der Waals surface area contributed by atoms with Crippen LogP contribution in [0.2, 0.25) is 0 Å². The minimum absolute atomic E-state index is 0.0290. The molecule has 3 atom stereocenters. The van der Waals surface area contributed by atoms with Gasteiger partial charge in [-0.25, -0.2) is 0 Å². The summed E-state index contributed by atoms with van der Waals surface area (Å²) in [5.41, 5.74) is 1.22. The van der Waals surface area contributed by atoms with Gasteiger partial charge in [-0.05, 0) is 60.7 Å². The van der Waals surface area contributed by atoms with Crippen molar-refractivity contribution in [1.82, 2.24) is 4.90 Å². The topological polar surface area (TPSA) is 68.2 Å². The first-order valence-corrected chi connectivity index (χ1v) is 11.3. The normalized spacial score (nSPS) is 26.8. The number of hydrogen-bond acceptors (Lipinski definition) is 5. The molecule has 2 heterocycles. The summed E-state index contributed by atoms with van der Waals surface area (Å²) >= 11 is 0. The number of carbonyl (C=O) groups excluding carboxylic acids is 1. The third-order valence-electron chi connectivity index (χ3n) is 7.12. The van der Waals surface area contributed by atoms with Crippen LogP contribution in [0, 0.1) is 5.92 Å². The van der Waals surface area contributed by atoms with Gasteiger partial charge in [0.15, 0.2) is 11.5 Å². The third-order valence-corrected chi connectivity index (χ3v) is 7.12. The first-order chi connectivity index (χ1) is 15.6. The Kier molecular flexibility index (Phi) is 5.55. The SMILES string of the molecule is COc1ccc([C@@H]2[C@@H]3CCCC[C@]3(O)CCN2C(=O)/C=C/c2ccc3c(c2)OCO3)cc1. The summed E-state index contributed by atoms with van der Waals surface area (Å²) in [7, 11) is 1.65. The maximum Gasteiger partial charge on any atom is 0.247 e. The van der Waals surface area contributed by atoms with Crippen molar-refractivity contribution in [3.63, 3.8) is 0 Å². The molecule has 1 aliphatic carbocycles. The number of nitrogens with zero attached hydrogens (tertiary/aromatic N) is 1. The molecule has 2 aliphatic heterocycles. The van der Waals surface area contributed by atoms with Crippen molar-refractivity contribution >= 4 is 12.0 Å². The minimum atomic E-state index is -0.708. The maximum atomic E-state index is 13.4. The van der Waals surface area contributed by atoms with Gasteiger partial charge < -0.3 is 24.2 Å². The van der Waals surface area contributed by atoms with Crippen LogP contribution < -0.4 is 14.2 Å². The van der Waals surface area contributed by atoms with Gasteiger partial charge in [0.05, 0.1) is 18.8 Å². The van der Waals surface area contributed by atoms with E-state index in [1.807, 2.05) is 53.4 Å². The van der Waals surface area contributed by atoms with E-state index in [4.69, 9.17) is 14.2 Å². The van der Waals surface area contributed by atoms with E-state index in [1.165, 1.54) is 0 Å². The summed E-state index contributed by atoms with van der Waals surface area (Å²) in [6.07, 6.45) is 7.91. The van der Waals surface area contributed by atoms with Crippen molar-refractivity contribution < 1.29 is 24.1 Å². The lowest BCUT2D eigenvalue weighted by Crippen LogP contribution is -2.56. The largest absolute Gasteiger partial charge is 0.497 e. The second kappa shape index (κ2) is 8.51. The number of fused-ring (bicyclic) bond motifs is 2. The molecule has 6 nitrogen and oxygen atoms in total. The molecule has 0 radical (unpaired) electrons. The predicted octanol–water partition coefficient (Wildman–Crippen LogP) is 4.33. The number of aliphatic hydroxyl groups is 1. The molecule has 5 rings (SSSR count). The van der Waals surface area contributed by atoms with Crippen molar-refractivity contribution in [2.75, 3.05) is 20.4 Å². The highest BCUT2D eigenvalue weighted by Gasteiger charge is 2.49. The van der Waals surface area contributed by atoms with Crippen LogP contribution >= 0.6 is 0 Å². The van der Waals surface area contributed by atoms with Crippen LogP contribution in [0.15, 0.2) is 48.5 Å². The van der Waals surface area contributed by atoms with Crippen LogP contribution in [0.1, 0.15) is 49.3 Å². The van der Waals surface area contributed by atoms with Gasteiger partial charge in [-0.2, -0.15) is 0 Å². The Morgan fingerprint density at radius 1 is 1.12 bits per heavy atom. The molecular formula is C26H29NO5. The monoisotopic (exact) mass is 435 g/mol. The van der Waals surface area contributed by atoms with E-state index in [2.05, 4.69) is 0 Å². The number of methoxy groups -OCH3 is 1. The third kappa shape index (κ3) is 3.84. The molecule has 1 saturated heterocycles. The molecule has 2 aromatic carbocycles. The molecule has 1 saturated carbocycles. The highest BCUT2D eigenvalue weighted by Crippen LogP contribution is 2.49. The van der Waals surface area contributed by atoms with Gasteiger partial charge in [0.25, 0.3) is 0 Å². The van der Waals surface area contributed by atoms with Gasteiger partial charge in [0, 0.05) is 18.5 Å². The standard InChI is InChI=1S/C26H29NO5/c1-30-20-9-7-19(8-10-20)25-21-4-2-3-13-26(21,29)14-15-27(25)24(28)12-6-18-5-11-22-23(16-18)32-17-31-22/h5-12,16,21,25,29H,2-4,13-15,17H2,1H3/b12-6+/t21-,25+,26-/m0/s1. The number of carbonyl (C=O) groups is 1. The lowest BCUT2D eigenvalue weighted by molar-refractivity contribution is -0.150. The molecule has 6 heteroatoms. The number of amides is 1. The first-order valence-electron chi connectivity index (χ1n) is 11.3. The molecule has 168 valence electrons. The molecule has 32 heavy (non-hydrogen) atoms. The van der Waals surface area contributed by atoms with Gasteiger partial charge in [-0.1, -0.05) is 31.0 Å².